The number of aryl methyl sites for hydroxylation is 1. The first-order chi connectivity index (χ1) is 9.85. The summed E-state index contributed by atoms with van der Waals surface area (Å²) in [6.07, 6.45) is 7.19. The van der Waals surface area contributed by atoms with Crippen LogP contribution in [0.4, 0.5) is 0 Å². The Morgan fingerprint density at radius 3 is 2.52 bits per heavy atom. The van der Waals surface area contributed by atoms with Gasteiger partial charge in [0.25, 0.3) is 0 Å². The number of aromatic nitrogens is 1. The van der Waals surface area contributed by atoms with Crippen molar-refractivity contribution in [3.63, 3.8) is 0 Å². The van der Waals surface area contributed by atoms with E-state index in [1.165, 1.54) is 37.1 Å². The molecule has 0 aliphatic heterocycles. The molecule has 1 heterocycles. The highest BCUT2D eigenvalue weighted by Gasteiger charge is 2.34. The average Bonchev–Trinajstić information content (AvgIpc) is 2.69. The molecule has 0 unspecified atom stereocenters. The first-order valence-electron chi connectivity index (χ1n) is 8.58. The van der Waals surface area contributed by atoms with Crippen molar-refractivity contribution < 1.29 is 4.79 Å². The Bertz CT molecular complexity index is 544. The summed E-state index contributed by atoms with van der Waals surface area (Å²) >= 11 is 0. The first-order valence-corrected chi connectivity index (χ1v) is 8.58. The minimum Gasteiger partial charge on any atom is -0.348 e. The molecule has 3 rings (SSSR count). The summed E-state index contributed by atoms with van der Waals surface area (Å²) in [5, 5.41) is 0. The highest BCUT2D eigenvalue weighted by Crippen LogP contribution is 2.37. The van der Waals surface area contributed by atoms with Crippen molar-refractivity contribution in [1.82, 2.24) is 4.57 Å². The number of rotatable bonds is 2. The van der Waals surface area contributed by atoms with Crippen LogP contribution in [-0.2, 0) is 13.0 Å². The summed E-state index contributed by atoms with van der Waals surface area (Å²) < 4.78 is 2.47. The van der Waals surface area contributed by atoms with E-state index < -0.39 is 0 Å². The van der Waals surface area contributed by atoms with E-state index in [4.69, 9.17) is 0 Å². The number of fused-ring (bicyclic) bond motifs is 1. The van der Waals surface area contributed by atoms with Gasteiger partial charge >= 0.3 is 0 Å². The molecule has 1 aromatic heterocycles. The lowest BCUT2D eigenvalue weighted by molar-refractivity contribution is 0.0909. The molecule has 0 spiro atoms. The third-order valence-corrected chi connectivity index (χ3v) is 5.58. The first kappa shape index (κ1) is 14.9. The van der Waals surface area contributed by atoms with E-state index in [-0.39, 0.29) is 5.41 Å². The van der Waals surface area contributed by atoms with Crippen molar-refractivity contribution >= 4 is 5.78 Å². The van der Waals surface area contributed by atoms with Gasteiger partial charge in [-0.05, 0) is 49.5 Å². The molecule has 2 heteroatoms. The van der Waals surface area contributed by atoms with Crippen LogP contribution in [0.3, 0.4) is 0 Å². The van der Waals surface area contributed by atoms with E-state index in [1.54, 1.807) is 0 Å². The molecular weight excluding hydrogens is 258 g/mol. The van der Waals surface area contributed by atoms with E-state index >= 15 is 0 Å². The Labute approximate surface area is 128 Å². The van der Waals surface area contributed by atoms with Crippen LogP contribution >= 0.6 is 0 Å². The lowest BCUT2D eigenvalue weighted by Crippen LogP contribution is -2.29. The monoisotopic (exact) mass is 287 g/mol. The normalized spacial score (nSPS) is 28.5. The lowest BCUT2D eigenvalue weighted by atomic mass is 9.76. The molecule has 2 nitrogen and oxygen atoms in total. The van der Waals surface area contributed by atoms with Crippen LogP contribution in [0.2, 0.25) is 0 Å². The van der Waals surface area contributed by atoms with Gasteiger partial charge in [0.05, 0.1) is 0 Å². The molecule has 0 bridgehead atoms. The number of carbonyl (C=O) groups is 1. The zero-order valence-corrected chi connectivity index (χ0v) is 14.0. The molecule has 0 radical (unpaired) electrons. The molecule has 21 heavy (non-hydrogen) atoms. The zero-order valence-electron chi connectivity index (χ0n) is 14.0. The Morgan fingerprint density at radius 1 is 1.19 bits per heavy atom. The minimum absolute atomic E-state index is 0.119. The molecule has 1 saturated carbocycles. The summed E-state index contributed by atoms with van der Waals surface area (Å²) in [6.45, 7) is 10.1. The Hall–Kier alpha value is -1.05. The predicted molar refractivity (Wildman–Crippen MR) is 86.7 cm³/mol. The minimum atomic E-state index is 0.119. The van der Waals surface area contributed by atoms with Gasteiger partial charge in [0.1, 0.15) is 0 Å². The van der Waals surface area contributed by atoms with Gasteiger partial charge in [0.2, 0.25) is 0 Å². The van der Waals surface area contributed by atoms with E-state index in [0.717, 1.165) is 30.4 Å². The van der Waals surface area contributed by atoms with Gasteiger partial charge < -0.3 is 4.57 Å². The van der Waals surface area contributed by atoms with Gasteiger partial charge in [0, 0.05) is 29.9 Å². The second-order valence-electron chi connectivity index (χ2n) is 8.32. The summed E-state index contributed by atoms with van der Waals surface area (Å²) in [4.78, 5) is 12.4. The molecule has 0 amide bonds. The Morgan fingerprint density at radius 2 is 1.86 bits per heavy atom. The fourth-order valence-corrected chi connectivity index (χ4v) is 4.23. The number of hydrogen-bond donors (Lipinski definition) is 0. The van der Waals surface area contributed by atoms with Gasteiger partial charge in [0.15, 0.2) is 5.78 Å². The van der Waals surface area contributed by atoms with Crippen molar-refractivity contribution in [2.24, 2.45) is 17.3 Å². The van der Waals surface area contributed by atoms with Crippen LogP contribution in [-0.4, -0.2) is 10.4 Å². The number of Topliss-reactive ketones (excluding diaryl/α,β-unsaturated/α-hetero) is 1. The number of hydrogen-bond acceptors (Lipinski definition) is 1. The standard InChI is InChI=1S/C19H29NO/c1-13-5-7-15(8-6-13)12-20-14(2)9-16-17(20)10-19(3,4)11-18(16)21/h9,13,15H,5-8,10-12H2,1-4H3. The summed E-state index contributed by atoms with van der Waals surface area (Å²) in [5.74, 6) is 2.05. The van der Waals surface area contributed by atoms with Gasteiger partial charge in [-0.2, -0.15) is 0 Å². The molecule has 0 atom stereocenters. The predicted octanol–water partition coefficient (Wildman–Crippen LogP) is 4.78. The molecule has 2 aliphatic carbocycles. The maximum absolute atomic E-state index is 12.4. The number of ketones is 1. The van der Waals surface area contributed by atoms with E-state index in [9.17, 15) is 4.79 Å². The highest BCUT2D eigenvalue weighted by atomic mass is 16.1. The topological polar surface area (TPSA) is 22.0 Å². The van der Waals surface area contributed by atoms with Gasteiger partial charge in [-0.25, -0.2) is 0 Å². The molecule has 116 valence electrons. The van der Waals surface area contributed by atoms with Crippen LogP contribution in [0.5, 0.6) is 0 Å². The second kappa shape index (κ2) is 5.30. The molecule has 2 aliphatic rings. The maximum atomic E-state index is 12.4. The van der Waals surface area contributed by atoms with Crippen molar-refractivity contribution in [1.29, 1.82) is 0 Å². The maximum Gasteiger partial charge on any atom is 0.165 e. The number of nitrogens with zero attached hydrogens (tertiary/aromatic N) is 1. The van der Waals surface area contributed by atoms with Crippen LogP contribution in [0, 0.1) is 24.2 Å². The second-order valence-corrected chi connectivity index (χ2v) is 8.32. The summed E-state index contributed by atoms with van der Waals surface area (Å²) in [6, 6.07) is 2.14. The average molecular weight is 287 g/mol. The van der Waals surface area contributed by atoms with Gasteiger partial charge in [-0.1, -0.05) is 33.6 Å². The van der Waals surface area contributed by atoms with E-state index in [0.29, 0.717) is 12.2 Å². The van der Waals surface area contributed by atoms with Crippen LogP contribution in [0.1, 0.15) is 74.6 Å². The Balaban J connectivity index is 1.85. The van der Waals surface area contributed by atoms with Crippen LogP contribution in [0.15, 0.2) is 6.07 Å². The fourth-order valence-electron chi connectivity index (χ4n) is 4.23. The van der Waals surface area contributed by atoms with Gasteiger partial charge in [-0.15, -0.1) is 0 Å². The van der Waals surface area contributed by atoms with Crippen molar-refractivity contribution in [3.05, 3.63) is 23.0 Å². The quantitative estimate of drug-likeness (QED) is 0.767. The van der Waals surface area contributed by atoms with E-state index in [1.807, 2.05) is 0 Å². The smallest absolute Gasteiger partial charge is 0.165 e. The van der Waals surface area contributed by atoms with Crippen LogP contribution in [0.25, 0.3) is 0 Å². The molecule has 0 aromatic carbocycles. The van der Waals surface area contributed by atoms with Crippen molar-refractivity contribution in [3.8, 4) is 0 Å². The van der Waals surface area contributed by atoms with Gasteiger partial charge in [-0.3, -0.25) is 4.79 Å². The van der Waals surface area contributed by atoms with Crippen molar-refractivity contribution in [2.45, 2.75) is 72.8 Å². The summed E-state index contributed by atoms with van der Waals surface area (Å²) in [7, 11) is 0. The van der Waals surface area contributed by atoms with Crippen LogP contribution < -0.4 is 0 Å². The lowest BCUT2D eigenvalue weighted by Gasteiger charge is -2.32. The third kappa shape index (κ3) is 2.95. The third-order valence-electron chi connectivity index (χ3n) is 5.58. The molecule has 0 N–H and O–H groups in total. The van der Waals surface area contributed by atoms with Crippen molar-refractivity contribution in [2.75, 3.05) is 0 Å². The highest BCUT2D eigenvalue weighted by molar-refractivity contribution is 5.99. The molecular formula is C19H29NO. The van der Waals surface area contributed by atoms with E-state index in [2.05, 4.69) is 38.3 Å². The molecule has 0 saturated heterocycles. The largest absolute Gasteiger partial charge is 0.348 e. The molecule has 1 aromatic rings. The zero-order chi connectivity index (χ0) is 15.2. The summed E-state index contributed by atoms with van der Waals surface area (Å²) in [5.41, 5.74) is 3.72. The Kier molecular flexibility index (Phi) is 3.75. The fraction of sp³-hybridized carbons (Fsp3) is 0.737. The molecule has 1 fully saturated rings. The number of carbonyl (C=O) groups excluding carboxylic acids is 1. The SMILES string of the molecule is Cc1cc2c(n1CC1CCC(C)CC1)CC(C)(C)CC2=O.